The lowest BCUT2D eigenvalue weighted by atomic mass is 9.95. The number of aryl methyl sites for hydroxylation is 1. The second-order valence-electron chi connectivity index (χ2n) is 6.45. The summed E-state index contributed by atoms with van der Waals surface area (Å²) in [5.74, 6) is -0.268. The van der Waals surface area contributed by atoms with E-state index in [1.807, 2.05) is 11.0 Å². The molecule has 4 nitrogen and oxygen atoms in total. The molecule has 2 heterocycles. The Kier molecular flexibility index (Phi) is 3.63. The van der Waals surface area contributed by atoms with Gasteiger partial charge in [-0.05, 0) is 56.2 Å². The van der Waals surface area contributed by atoms with Crippen molar-refractivity contribution in [3.63, 3.8) is 0 Å². The first kappa shape index (κ1) is 14.4. The van der Waals surface area contributed by atoms with Gasteiger partial charge in [-0.3, -0.25) is 9.89 Å². The number of carbonyl (C=O) groups excluding carboxylic acids is 1. The van der Waals surface area contributed by atoms with E-state index in [1.165, 1.54) is 12.1 Å². The van der Waals surface area contributed by atoms with Gasteiger partial charge in [-0.15, -0.1) is 0 Å². The zero-order chi connectivity index (χ0) is 15.8. The molecular formula is C18H20FN3O. The lowest BCUT2D eigenvalue weighted by Gasteiger charge is -2.25. The normalized spacial score (nSPS) is 20.6. The summed E-state index contributed by atoms with van der Waals surface area (Å²) in [6, 6.07) is 6.54. The van der Waals surface area contributed by atoms with Crippen molar-refractivity contribution >= 4 is 5.91 Å². The number of carbonyl (C=O) groups is 1. The minimum absolute atomic E-state index is 0.0174. The van der Waals surface area contributed by atoms with Gasteiger partial charge in [0.1, 0.15) is 5.82 Å². The van der Waals surface area contributed by atoms with Crippen LogP contribution < -0.4 is 0 Å². The van der Waals surface area contributed by atoms with Crippen LogP contribution in [0.5, 0.6) is 0 Å². The Morgan fingerprint density at radius 3 is 3.00 bits per heavy atom. The van der Waals surface area contributed by atoms with Gasteiger partial charge >= 0.3 is 0 Å². The lowest BCUT2D eigenvalue weighted by molar-refractivity contribution is 0.0728. The van der Waals surface area contributed by atoms with Crippen LogP contribution >= 0.6 is 0 Å². The quantitative estimate of drug-likeness (QED) is 0.923. The van der Waals surface area contributed by atoms with Gasteiger partial charge in [-0.25, -0.2) is 4.39 Å². The molecule has 5 heteroatoms. The second kappa shape index (κ2) is 5.80. The number of benzene rings is 1. The summed E-state index contributed by atoms with van der Waals surface area (Å²) in [6.07, 6.45) is 5.98. The summed E-state index contributed by atoms with van der Waals surface area (Å²) in [5, 5.41) is 7.33. The number of hydrogen-bond acceptors (Lipinski definition) is 2. The lowest BCUT2D eigenvalue weighted by Crippen LogP contribution is -2.31. The fourth-order valence-corrected chi connectivity index (χ4v) is 3.86. The van der Waals surface area contributed by atoms with Crippen LogP contribution in [0.4, 0.5) is 4.39 Å². The van der Waals surface area contributed by atoms with Gasteiger partial charge in [-0.2, -0.15) is 5.10 Å². The average Bonchev–Trinajstić information content (AvgIpc) is 3.21. The van der Waals surface area contributed by atoms with E-state index >= 15 is 0 Å². The maximum absolute atomic E-state index is 13.5. The van der Waals surface area contributed by atoms with Crippen molar-refractivity contribution < 1.29 is 9.18 Å². The van der Waals surface area contributed by atoms with E-state index in [9.17, 15) is 9.18 Å². The number of nitrogens with zero attached hydrogens (tertiary/aromatic N) is 2. The fraction of sp³-hybridized carbons (Fsp3) is 0.444. The number of likely N-dealkylation sites (tertiary alicyclic amines) is 1. The minimum Gasteiger partial charge on any atom is -0.330 e. The highest BCUT2D eigenvalue weighted by atomic mass is 19.1. The van der Waals surface area contributed by atoms with Crippen molar-refractivity contribution in [2.24, 2.45) is 0 Å². The van der Waals surface area contributed by atoms with Crippen LogP contribution in [0.1, 0.15) is 59.0 Å². The van der Waals surface area contributed by atoms with Gasteiger partial charge in [0.05, 0.1) is 6.04 Å². The number of H-pyrrole nitrogens is 1. The van der Waals surface area contributed by atoms with Crippen LogP contribution in [0.15, 0.2) is 24.3 Å². The molecule has 0 saturated carbocycles. The SMILES string of the molecule is O=C(c1n[nH]c2c1CCCC2)N1CCCC1c1cccc(F)c1. The fourth-order valence-electron chi connectivity index (χ4n) is 3.86. The highest BCUT2D eigenvalue weighted by Gasteiger charge is 2.33. The predicted octanol–water partition coefficient (Wildman–Crippen LogP) is 3.40. The maximum Gasteiger partial charge on any atom is 0.275 e. The first-order chi connectivity index (χ1) is 11.2. The smallest absolute Gasteiger partial charge is 0.275 e. The number of aromatic amines is 1. The molecule has 2 aliphatic rings. The molecule has 120 valence electrons. The Morgan fingerprint density at radius 2 is 2.13 bits per heavy atom. The average molecular weight is 313 g/mol. The van der Waals surface area contributed by atoms with Crippen LogP contribution in [-0.4, -0.2) is 27.5 Å². The third-order valence-corrected chi connectivity index (χ3v) is 5.01. The summed E-state index contributed by atoms with van der Waals surface area (Å²) in [7, 11) is 0. The molecular weight excluding hydrogens is 293 g/mol. The monoisotopic (exact) mass is 313 g/mol. The van der Waals surface area contributed by atoms with Crippen LogP contribution in [0.25, 0.3) is 0 Å². The molecule has 0 bridgehead atoms. The molecule has 4 rings (SSSR count). The molecule has 1 aliphatic heterocycles. The Bertz CT molecular complexity index is 740. The zero-order valence-electron chi connectivity index (χ0n) is 13.0. The number of hydrogen-bond donors (Lipinski definition) is 1. The second-order valence-corrected chi connectivity index (χ2v) is 6.45. The summed E-state index contributed by atoms with van der Waals surface area (Å²) in [4.78, 5) is 14.9. The van der Waals surface area contributed by atoms with E-state index in [0.717, 1.165) is 55.3 Å². The van der Waals surface area contributed by atoms with Gasteiger partial charge < -0.3 is 4.90 Å². The van der Waals surface area contributed by atoms with E-state index in [4.69, 9.17) is 0 Å². The van der Waals surface area contributed by atoms with E-state index in [-0.39, 0.29) is 17.8 Å². The Hall–Kier alpha value is -2.17. The molecule has 1 saturated heterocycles. The van der Waals surface area contributed by atoms with Crippen molar-refractivity contribution in [2.75, 3.05) is 6.54 Å². The molecule has 1 fully saturated rings. The molecule has 23 heavy (non-hydrogen) atoms. The first-order valence-corrected chi connectivity index (χ1v) is 8.36. The topological polar surface area (TPSA) is 49.0 Å². The molecule has 1 aromatic carbocycles. The first-order valence-electron chi connectivity index (χ1n) is 8.36. The van der Waals surface area contributed by atoms with E-state index < -0.39 is 0 Å². The number of amides is 1. The number of aromatic nitrogens is 2. The highest BCUT2D eigenvalue weighted by Crippen LogP contribution is 2.34. The molecule has 1 N–H and O–H groups in total. The Morgan fingerprint density at radius 1 is 1.26 bits per heavy atom. The molecule has 1 unspecified atom stereocenters. The molecule has 1 atom stereocenters. The van der Waals surface area contributed by atoms with Crippen molar-refractivity contribution in [1.82, 2.24) is 15.1 Å². The molecule has 2 aromatic rings. The van der Waals surface area contributed by atoms with Crippen molar-refractivity contribution in [1.29, 1.82) is 0 Å². The van der Waals surface area contributed by atoms with Crippen LogP contribution in [-0.2, 0) is 12.8 Å². The third kappa shape index (κ3) is 2.54. The van der Waals surface area contributed by atoms with Crippen LogP contribution in [0, 0.1) is 5.82 Å². The standard InChI is InChI=1S/C18H20FN3O/c19-13-6-3-5-12(11-13)16-9-4-10-22(16)18(23)17-14-7-1-2-8-15(14)20-21-17/h3,5-6,11,16H,1-2,4,7-10H2,(H,20,21). The van der Waals surface area contributed by atoms with Gasteiger partial charge in [0.25, 0.3) is 5.91 Å². The van der Waals surface area contributed by atoms with Crippen molar-refractivity contribution in [3.05, 3.63) is 52.6 Å². The predicted molar refractivity (Wildman–Crippen MR) is 84.6 cm³/mol. The van der Waals surface area contributed by atoms with Gasteiger partial charge in [0.15, 0.2) is 5.69 Å². The Labute approximate surface area is 134 Å². The number of rotatable bonds is 2. The molecule has 1 aliphatic carbocycles. The largest absolute Gasteiger partial charge is 0.330 e. The minimum atomic E-state index is -0.251. The van der Waals surface area contributed by atoms with Gasteiger partial charge in [-0.1, -0.05) is 12.1 Å². The zero-order valence-corrected chi connectivity index (χ0v) is 13.0. The third-order valence-electron chi connectivity index (χ3n) is 5.01. The summed E-state index contributed by atoms with van der Waals surface area (Å²) < 4.78 is 13.5. The van der Waals surface area contributed by atoms with Crippen LogP contribution in [0.2, 0.25) is 0 Å². The Balaban J connectivity index is 1.64. The van der Waals surface area contributed by atoms with Gasteiger partial charge in [0, 0.05) is 17.8 Å². The van der Waals surface area contributed by atoms with E-state index in [2.05, 4.69) is 10.2 Å². The van der Waals surface area contributed by atoms with Crippen molar-refractivity contribution in [2.45, 2.75) is 44.6 Å². The summed E-state index contributed by atoms with van der Waals surface area (Å²) >= 11 is 0. The summed E-state index contributed by atoms with van der Waals surface area (Å²) in [5.41, 5.74) is 3.65. The van der Waals surface area contributed by atoms with Crippen LogP contribution in [0.3, 0.4) is 0 Å². The van der Waals surface area contributed by atoms with Crippen molar-refractivity contribution in [3.8, 4) is 0 Å². The number of nitrogens with one attached hydrogen (secondary N) is 1. The molecule has 0 radical (unpaired) electrons. The van der Waals surface area contributed by atoms with E-state index in [1.54, 1.807) is 6.07 Å². The number of halogens is 1. The number of fused-ring (bicyclic) bond motifs is 1. The molecule has 1 aromatic heterocycles. The molecule has 1 amide bonds. The molecule has 0 spiro atoms. The maximum atomic E-state index is 13.5. The summed E-state index contributed by atoms with van der Waals surface area (Å²) in [6.45, 7) is 0.710. The highest BCUT2D eigenvalue weighted by molar-refractivity contribution is 5.94. The van der Waals surface area contributed by atoms with Gasteiger partial charge in [0.2, 0.25) is 0 Å². The van der Waals surface area contributed by atoms with E-state index in [0.29, 0.717) is 12.2 Å².